The van der Waals surface area contributed by atoms with Gasteiger partial charge in [0.1, 0.15) is 18.1 Å². The van der Waals surface area contributed by atoms with Crippen molar-refractivity contribution in [1.29, 1.82) is 0 Å². The van der Waals surface area contributed by atoms with Gasteiger partial charge in [0.15, 0.2) is 6.61 Å². The maximum Gasteiger partial charge on any atom is 0.307 e. The molecule has 182 valence electrons. The molecule has 4 rings (SSSR count). The van der Waals surface area contributed by atoms with E-state index in [1.54, 1.807) is 0 Å². The molecule has 3 aromatic carbocycles. The molecular formula is C28H30N2O4S. The first-order valence-electron chi connectivity index (χ1n) is 11.7. The van der Waals surface area contributed by atoms with E-state index < -0.39 is 5.97 Å². The number of carbonyl (C=O) groups is 1. The third-order valence-corrected chi connectivity index (χ3v) is 6.89. The summed E-state index contributed by atoms with van der Waals surface area (Å²) in [5.41, 5.74) is 5.87. The van der Waals surface area contributed by atoms with Crippen LogP contribution < -0.4 is 4.74 Å². The SMILES string of the molecule is Cc1c(CC(=O)O)cccc1OCCON=C(CN1CCSC1)c1ccc(-c2ccccc2)cc1. The number of nitrogens with zero attached hydrogens (tertiary/aromatic N) is 2. The molecule has 0 aliphatic carbocycles. The van der Waals surface area contributed by atoms with Crippen LogP contribution in [0.15, 0.2) is 78.0 Å². The predicted molar refractivity (Wildman–Crippen MR) is 141 cm³/mol. The molecular weight excluding hydrogens is 460 g/mol. The number of benzene rings is 3. The summed E-state index contributed by atoms with van der Waals surface area (Å²) in [5.74, 6) is 1.94. The minimum atomic E-state index is -0.858. The first kappa shape index (κ1) is 24.8. The molecule has 1 fully saturated rings. The van der Waals surface area contributed by atoms with Crippen LogP contribution in [0, 0.1) is 6.92 Å². The first-order chi connectivity index (χ1) is 17.1. The Hall–Kier alpha value is -3.29. The second-order valence-electron chi connectivity index (χ2n) is 8.36. The van der Waals surface area contributed by atoms with Gasteiger partial charge in [-0.05, 0) is 35.2 Å². The highest BCUT2D eigenvalue weighted by Gasteiger charge is 2.16. The van der Waals surface area contributed by atoms with Gasteiger partial charge in [0.2, 0.25) is 0 Å². The largest absolute Gasteiger partial charge is 0.490 e. The van der Waals surface area contributed by atoms with E-state index in [0.29, 0.717) is 19.0 Å². The van der Waals surface area contributed by atoms with Crippen LogP contribution in [0.2, 0.25) is 0 Å². The second-order valence-corrected chi connectivity index (χ2v) is 9.44. The molecule has 1 heterocycles. The standard InChI is InChI=1S/C28H30N2O4S/c1-21-25(18-28(31)32)8-5-9-27(21)33-15-16-34-29-26(19-30-14-17-35-20-30)24-12-10-23(11-13-24)22-6-3-2-4-7-22/h2-13H,14-20H2,1H3,(H,31,32). The molecule has 0 spiro atoms. The molecule has 3 aromatic rings. The molecule has 6 nitrogen and oxygen atoms in total. The van der Waals surface area contributed by atoms with E-state index in [2.05, 4.69) is 46.5 Å². The third-order valence-electron chi connectivity index (χ3n) is 5.87. The van der Waals surface area contributed by atoms with Crippen molar-refractivity contribution >= 4 is 23.4 Å². The number of ether oxygens (including phenoxy) is 1. The van der Waals surface area contributed by atoms with Gasteiger partial charge < -0.3 is 14.7 Å². The Balaban J connectivity index is 1.39. The molecule has 0 atom stereocenters. The second kappa shape index (κ2) is 12.4. The topological polar surface area (TPSA) is 71.4 Å². The molecule has 1 saturated heterocycles. The van der Waals surface area contributed by atoms with Crippen LogP contribution in [0.4, 0.5) is 0 Å². The van der Waals surface area contributed by atoms with Gasteiger partial charge >= 0.3 is 5.97 Å². The van der Waals surface area contributed by atoms with Crippen molar-refractivity contribution in [3.8, 4) is 16.9 Å². The minimum Gasteiger partial charge on any atom is -0.490 e. The molecule has 0 saturated carbocycles. The van der Waals surface area contributed by atoms with E-state index in [4.69, 9.17) is 14.7 Å². The normalized spacial score (nSPS) is 14.1. The summed E-state index contributed by atoms with van der Waals surface area (Å²) in [6.45, 7) is 4.26. The summed E-state index contributed by atoms with van der Waals surface area (Å²) in [6, 6.07) is 24.2. The van der Waals surface area contributed by atoms with Crippen molar-refractivity contribution in [3.05, 3.63) is 89.5 Å². The van der Waals surface area contributed by atoms with Gasteiger partial charge in [0, 0.05) is 30.3 Å². The van der Waals surface area contributed by atoms with Crippen molar-refractivity contribution in [2.24, 2.45) is 5.16 Å². The van der Waals surface area contributed by atoms with Crippen molar-refractivity contribution in [2.75, 3.05) is 37.9 Å². The maximum absolute atomic E-state index is 11.0. The molecule has 0 bridgehead atoms. The minimum absolute atomic E-state index is 0.0228. The summed E-state index contributed by atoms with van der Waals surface area (Å²) in [5, 5.41) is 13.5. The van der Waals surface area contributed by atoms with E-state index in [9.17, 15) is 4.79 Å². The number of aliphatic carboxylic acids is 1. The first-order valence-corrected chi connectivity index (χ1v) is 12.8. The summed E-state index contributed by atoms with van der Waals surface area (Å²) < 4.78 is 5.84. The lowest BCUT2D eigenvalue weighted by atomic mass is 10.0. The Morgan fingerprint density at radius 1 is 1.00 bits per heavy atom. The van der Waals surface area contributed by atoms with Crippen LogP contribution in [-0.2, 0) is 16.1 Å². The van der Waals surface area contributed by atoms with Gasteiger partial charge in [-0.1, -0.05) is 71.9 Å². The molecule has 0 unspecified atom stereocenters. The molecule has 1 aliphatic rings. The van der Waals surface area contributed by atoms with Crippen molar-refractivity contribution in [3.63, 3.8) is 0 Å². The van der Waals surface area contributed by atoms with E-state index in [1.807, 2.05) is 55.1 Å². The number of oxime groups is 1. The molecule has 0 amide bonds. The van der Waals surface area contributed by atoms with Crippen LogP contribution >= 0.6 is 11.8 Å². The quantitative estimate of drug-likeness (QED) is 0.229. The van der Waals surface area contributed by atoms with Gasteiger partial charge in [-0.15, -0.1) is 11.8 Å². The highest BCUT2D eigenvalue weighted by Crippen LogP contribution is 2.22. The zero-order chi connectivity index (χ0) is 24.5. The summed E-state index contributed by atoms with van der Waals surface area (Å²) >= 11 is 1.93. The van der Waals surface area contributed by atoms with E-state index >= 15 is 0 Å². The number of hydrogen-bond acceptors (Lipinski definition) is 6. The number of carboxylic acids is 1. The maximum atomic E-state index is 11.0. The zero-order valence-corrected chi connectivity index (χ0v) is 20.7. The fourth-order valence-corrected chi connectivity index (χ4v) is 4.93. The van der Waals surface area contributed by atoms with Gasteiger partial charge in [0.25, 0.3) is 0 Å². The smallest absolute Gasteiger partial charge is 0.307 e. The van der Waals surface area contributed by atoms with Crippen molar-refractivity contribution in [1.82, 2.24) is 4.90 Å². The highest BCUT2D eigenvalue weighted by atomic mass is 32.2. The average molecular weight is 491 g/mol. The van der Waals surface area contributed by atoms with Gasteiger partial charge in [-0.25, -0.2) is 0 Å². The van der Waals surface area contributed by atoms with E-state index in [0.717, 1.165) is 47.1 Å². The number of rotatable bonds is 11. The van der Waals surface area contributed by atoms with E-state index in [1.165, 1.54) is 11.1 Å². The van der Waals surface area contributed by atoms with Gasteiger partial charge in [-0.2, -0.15) is 0 Å². The highest BCUT2D eigenvalue weighted by molar-refractivity contribution is 7.99. The van der Waals surface area contributed by atoms with E-state index in [-0.39, 0.29) is 6.42 Å². The molecule has 35 heavy (non-hydrogen) atoms. The summed E-state index contributed by atoms with van der Waals surface area (Å²) in [6.07, 6.45) is -0.0228. The van der Waals surface area contributed by atoms with Crippen molar-refractivity contribution in [2.45, 2.75) is 13.3 Å². The molecule has 1 aliphatic heterocycles. The Morgan fingerprint density at radius 2 is 1.77 bits per heavy atom. The van der Waals surface area contributed by atoms with Crippen LogP contribution in [0.3, 0.4) is 0 Å². The Labute approximate surface area is 210 Å². The van der Waals surface area contributed by atoms with Gasteiger partial charge in [0.05, 0.1) is 6.42 Å². The molecule has 1 N–H and O–H groups in total. The fraction of sp³-hybridized carbons (Fsp3) is 0.286. The Kier molecular flexibility index (Phi) is 8.81. The Bertz CT molecular complexity index is 1140. The molecule has 0 radical (unpaired) electrons. The Morgan fingerprint density at radius 3 is 2.49 bits per heavy atom. The molecule has 7 heteroatoms. The lowest BCUT2D eigenvalue weighted by Crippen LogP contribution is -2.28. The van der Waals surface area contributed by atoms with Crippen LogP contribution in [-0.4, -0.2) is 59.6 Å². The zero-order valence-electron chi connectivity index (χ0n) is 19.9. The average Bonchev–Trinajstić information content (AvgIpc) is 3.39. The summed E-state index contributed by atoms with van der Waals surface area (Å²) in [7, 11) is 0. The summed E-state index contributed by atoms with van der Waals surface area (Å²) in [4.78, 5) is 19.1. The number of hydrogen-bond donors (Lipinski definition) is 1. The predicted octanol–water partition coefficient (Wildman–Crippen LogP) is 5.10. The third kappa shape index (κ3) is 7.10. The lowest BCUT2D eigenvalue weighted by Gasteiger charge is -2.16. The number of thioether (sulfide) groups is 1. The number of carboxylic acid groups (broad SMARTS) is 1. The van der Waals surface area contributed by atoms with Crippen LogP contribution in [0.5, 0.6) is 5.75 Å². The molecule has 0 aromatic heterocycles. The monoisotopic (exact) mass is 490 g/mol. The lowest BCUT2D eigenvalue weighted by molar-refractivity contribution is -0.136. The van der Waals surface area contributed by atoms with Crippen molar-refractivity contribution < 1.29 is 19.5 Å². The van der Waals surface area contributed by atoms with Gasteiger partial charge in [-0.3, -0.25) is 9.69 Å². The fourth-order valence-electron chi connectivity index (χ4n) is 3.93. The van der Waals surface area contributed by atoms with Crippen LogP contribution in [0.25, 0.3) is 11.1 Å². The van der Waals surface area contributed by atoms with Crippen LogP contribution in [0.1, 0.15) is 16.7 Å².